The van der Waals surface area contributed by atoms with Gasteiger partial charge in [0.25, 0.3) is 10.0 Å². The summed E-state index contributed by atoms with van der Waals surface area (Å²) in [6.45, 7) is 1.65. The van der Waals surface area contributed by atoms with Crippen molar-refractivity contribution < 1.29 is 26.3 Å². The third-order valence-electron chi connectivity index (χ3n) is 4.14. The van der Waals surface area contributed by atoms with E-state index in [0.717, 1.165) is 0 Å². The molecule has 2 aromatic carbocycles. The highest BCUT2D eigenvalue weighted by atomic mass is 32.2. The second-order valence-corrected chi connectivity index (χ2v) is 10.1. The molecule has 0 amide bonds. The van der Waals surface area contributed by atoms with Gasteiger partial charge in [-0.25, -0.2) is 31.5 Å². The van der Waals surface area contributed by atoms with Crippen LogP contribution in [0.1, 0.15) is 5.69 Å². The zero-order valence-electron chi connectivity index (χ0n) is 17.3. The van der Waals surface area contributed by atoms with Crippen molar-refractivity contribution in [3.63, 3.8) is 0 Å². The summed E-state index contributed by atoms with van der Waals surface area (Å²) in [7, 11) is -6.08. The topological polar surface area (TPSA) is 137 Å². The first-order valence-corrected chi connectivity index (χ1v) is 12.5. The number of methoxy groups -OCH3 is 1. The summed E-state index contributed by atoms with van der Waals surface area (Å²) >= 11 is 0. The Morgan fingerprint density at radius 3 is 2.16 bits per heavy atom. The molecule has 0 aliphatic heterocycles. The lowest BCUT2D eigenvalue weighted by atomic mass is 10.3. The molecule has 0 aliphatic carbocycles. The zero-order valence-corrected chi connectivity index (χ0v) is 19.0. The number of anilines is 2. The van der Waals surface area contributed by atoms with E-state index in [1.54, 1.807) is 44.4 Å². The van der Waals surface area contributed by atoms with Crippen LogP contribution in [0, 0.1) is 6.92 Å². The number of aryl methyl sites for hydroxylation is 1. The van der Waals surface area contributed by atoms with Gasteiger partial charge in [-0.2, -0.15) is 0 Å². The van der Waals surface area contributed by atoms with Crippen molar-refractivity contribution in [2.75, 3.05) is 28.9 Å². The molecule has 0 fully saturated rings. The van der Waals surface area contributed by atoms with E-state index < -0.39 is 20.0 Å². The molecule has 10 nitrogen and oxygen atoms in total. The quantitative estimate of drug-likeness (QED) is 0.453. The monoisotopic (exact) mass is 478 g/mol. The maximum absolute atomic E-state index is 12.5. The molecule has 12 heteroatoms. The summed E-state index contributed by atoms with van der Waals surface area (Å²) in [4.78, 5) is 7.80. The molecule has 1 aromatic heterocycles. The van der Waals surface area contributed by atoms with Crippen LogP contribution in [0.5, 0.6) is 11.5 Å². The fourth-order valence-corrected chi connectivity index (χ4v) is 4.40. The van der Waals surface area contributed by atoms with E-state index >= 15 is 0 Å². The number of hydrogen-bond donors (Lipinski definition) is 2. The highest BCUT2D eigenvalue weighted by Crippen LogP contribution is 2.19. The third kappa shape index (κ3) is 6.56. The normalized spacial score (nSPS) is 11.6. The predicted octanol–water partition coefficient (Wildman–Crippen LogP) is 2.42. The number of ether oxygens (including phenoxy) is 2. The van der Waals surface area contributed by atoms with Gasteiger partial charge in [0.2, 0.25) is 16.0 Å². The second-order valence-electron chi connectivity index (χ2n) is 6.60. The molecule has 0 aliphatic rings. The van der Waals surface area contributed by atoms with Crippen molar-refractivity contribution in [3.05, 3.63) is 66.5 Å². The summed E-state index contributed by atoms with van der Waals surface area (Å²) < 4.78 is 64.7. The molecule has 1 heterocycles. The van der Waals surface area contributed by atoms with Gasteiger partial charge in [-0.1, -0.05) is 0 Å². The molecule has 170 valence electrons. The van der Waals surface area contributed by atoms with Gasteiger partial charge in [0.1, 0.15) is 23.9 Å². The van der Waals surface area contributed by atoms with Crippen LogP contribution in [0.4, 0.5) is 11.6 Å². The van der Waals surface area contributed by atoms with Crippen LogP contribution in [0.15, 0.2) is 65.7 Å². The van der Waals surface area contributed by atoms with Crippen LogP contribution >= 0.6 is 0 Å². The number of sulfonamides is 2. The first kappa shape index (κ1) is 23.3. The molecule has 0 saturated heterocycles. The van der Waals surface area contributed by atoms with Crippen molar-refractivity contribution >= 4 is 31.7 Å². The molecule has 3 rings (SSSR count). The van der Waals surface area contributed by atoms with E-state index in [-0.39, 0.29) is 28.9 Å². The molecule has 0 unspecified atom stereocenters. The molecule has 0 atom stereocenters. The van der Waals surface area contributed by atoms with Gasteiger partial charge in [0.15, 0.2) is 0 Å². The minimum absolute atomic E-state index is 0.0494. The largest absolute Gasteiger partial charge is 0.497 e. The Morgan fingerprint density at radius 1 is 0.875 bits per heavy atom. The fraction of sp³-hybridized carbons (Fsp3) is 0.200. The number of rotatable bonds is 10. The molecule has 32 heavy (non-hydrogen) atoms. The van der Waals surface area contributed by atoms with E-state index in [2.05, 4.69) is 19.4 Å². The van der Waals surface area contributed by atoms with Crippen molar-refractivity contribution in [2.24, 2.45) is 0 Å². The van der Waals surface area contributed by atoms with Gasteiger partial charge >= 0.3 is 0 Å². The Morgan fingerprint density at radius 2 is 1.53 bits per heavy atom. The highest BCUT2D eigenvalue weighted by Gasteiger charge is 2.17. The summed E-state index contributed by atoms with van der Waals surface area (Å²) in [5.74, 6) is 0.844. The van der Waals surface area contributed by atoms with Crippen LogP contribution < -0.4 is 18.9 Å². The smallest absolute Gasteiger partial charge is 0.264 e. The standard InChI is InChI=1S/C20H22N4O6S2/c1-15-11-12-21-20(22-15)24-32(27,28)19-9-3-16(4-10-19)23-31(25,26)14-13-30-18-7-5-17(29-2)6-8-18/h3-12,23H,13-14H2,1-2H3,(H,21,22,24). The van der Waals surface area contributed by atoms with Gasteiger partial charge in [-0.05, 0) is 61.5 Å². The van der Waals surface area contributed by atoms with Crippen molar-refractivity contribution in [2.45, 2.75) is 11.8 Å². The number of aromatic nitrogens is 2. The average Bonchev–Trinajstić information content (AvgIpc) is 2.74. The maximum atomic E-state index is 12.5. The fourth-order valence-electron chi connectivity index (χ4n) is 2.55. The minimum Gasteiger partial charge on any atom is -0.497 e. The molecule has 0 bridgehead atoms. The summed E-state index contributed by atoms with van der Waals surface area (Å²) in [5, 5.41) is 0. The van der Waals surface area contributed by atoms with Crippen molar-refractivity contribution in [1.82, 2.24) is 9.97 Å². The lowest BCUT2D eigenvalue weighted by Crippen LogP contribution is -2.21. The molecule has 3 aromatic rings. The maximum Gasteiger partial charge on any atom is 0.264 e. The Bertz CT molecular complexity index is 1260. The van der Waals surface area contributed by atoms with E-state index in [1.807, 2.05) is 0 Å². The lowest BCUT2D eigenvalue weighted by Gasteiger charge is -2.11. The summed E-state index contributed by atoms with van der Waals surface area (Å²) in [6, 6.07) is 13.7. The lowest BCUT2D eigenvalue weighted by molar-refractivity contribution is 0.340. The van der Waals surface area contributed by atoms with Gasteiger partial charge in [0, 0.05) is 17.6 Å². The number of nitrogens with zero attached hydrogens (tertiary/aromatic N) is 2. The predicted molar refractivity (Wildman–Crippen MR) is 120 cm³/mol. The molecule has 0 spiro atoms. The van der Waals surface area contributed by atoms with Gasteiger partial charge < -0.3 is 9.47 Å². The number of hydrogen-bond acceptors (Lipinski definition) is 8. The van der Waals surface area contributed by atoms with E-state index in [4.69, 9.17) is 9.47 Å². The Balaban J connectivity index is 1.57. The van der Waals surface area contributed by atoms with Crippen LogP contribution in [0.2, 0.25) is 0 Å². The molecule has 0 radical (unpaired) electrons. The van der Waals surface area contributed by atoms with E-state index in [0.29, 0.717) is 17.2 Å². The zero-order chi connectivity index (χ0) is 23.2. The molecule has 2 N–H and O–H groups in total. The summed E-state index contributed by atoms with van der Waals surface area (Å²) in [6.07, 6.45) is 1.44. The Kier molecular flexibility index (Phi) is 7.15. The highest BCUT2D eigenvalue weighted by molar-refractivity contribution is 7.93. The molecular weight excluding hydrogens is 456 g/mol. The summed E-state index contributed by atoms with van der Waals surface area (Å²) in [5.41, 5.74) is 0.832. The Hall–Kier alpha value is -3.38. The van der Waals surface area contributed by atoms with Gasteiger partial charge in [0.05, 0.1) is 12.0 Å². The molecule has 0 saturated carbocycles. The van der Waals surface area contributed by atoms with E-state index in [9.17, 15) is 16.8 Å². The van der Waals surface area contributed by atoms with Crippen LogP contribution in [0.3, 0.4) is 0 Å². The molecular formula is C20H22N4O6S2. The van der Waals surface area contributed by atoms with Crippen molar-refractivity contribution in [1.29, 1.82) is 0 Å². The first-order valence-electron chi connectivity index (χ1n) is 9.37. The average molecular weight is 479 g/mol. The SMILES string of the molecule is COc1ccc(OCCS(=O)(=O)Nc2ccc(S(=O)(=O)Nc3nccc(C)n3)cc2)cc1. The van der Waals surface area contributed by atoms with Gasteiger partial charge in [-0.15, -0.1) is 0 Å². The van der Waals surface area contributed by atoms with Crippen LogP contribution in [0.25, 0.3) is 0 Å². The number of nitrogens with one attached hydrogen (secondary N) is 2. The van der Waals surface area contributed by atoms with Gasteiger partial charge in [-0.3, -0.25) is 4.72 Å². The third-order valence-corrected chi connectivity index (χ3v) is 6.73. The van der Waals surface area contributed by atoms with Crippen molar-refractivity contribution in [3.8, 4) is 11.5 Å². The first-order chi connectivity index (χ1) is 15.2. The Labute approximate surface area is 186 Å². The van der Waals surface area contributed by atoms with E-state index in [1.165, 1.54) is 30.5 Å². The van der Waals surface area contributed by atoms with Crippen LogP contribution in [-0.2, 0) is 20.0 Å². The van der Waals surface area contributed by atoms with Crippen LogP contribution in [-0.4, -0.2) is 46.3 Å². The second kappa shape index (κ2) is 9.83. The number of benzene rings is 2. The minimum atomic E-state index is -3.92.